The van der Waals surface area contributed by atoms with Gasteiger partial charge in [-0.2, -0.15) is 4.98 Å². The van der Waals surface area contributed by atoms with Crippen molar-refractivity contribution in [3.05, 3.63) is 34.0 Å². The summed E-state index contributed by atoms with van der Waals surface area (Å²) in [5.41, 5.74) is 2.38. The van der Waals surface area contributed by atoms with Gasteiger partial charge in [0.25, 0.3) is 5.89 Å². The van der Waals surface area contributed by atoms with Crippen molar-refractivity contribution >= 4 is 28.7 Å². The Hall–Kier alpha value is -3.34. The second kappa shape index (κ2) is 9.85. The zero-order valence-corrected chi connectivity index (χ0v) is 21.3. The van der Waals surface area contributed by atoms with Gasteiger partial charge in [0.1, 0.15) is 17.9 Å². The Bertz CT molecular complexity index is 1480. The zero-order chi connectivity index (χ0) is 25.5. The van der Waals surface area contributed by atoms with Crippen LogP contribution in [0.2, 0.25) is 5.02 Å². The standard InChI is InChI=1S/C25H28ClFN8O2/c1-14-4-6-15(7-5-14)13-35-20-19(16-9-17(26)12-28-11-16)29-22(23-32-33-25(36)37-23)30-21(20)31-24(35)34-8-2-3-18(34)10-27/h9,11-12,14-15,18H,2-8,10,13H2,1H3,(H,33,36)/t14-,15-,18-/m0/s1. The Morgan fingerprint density at radius 2 is 2.00 bits per heavy atom. The van der Waals surface area contributed by atoms with Gasteiger partial charge in [0.2, 0.25) is 11.8 Å². The summed E-state index contributed by atoms with van der Waals surface area (Å²) in [5.74, 6) is 1.26. The van der Waals surface area contributed by atoms with Crippen molar-refractivity contribution in [3.8, 4) is 23.0 Å². The van der Waals surface area contributed by atoms with Gasteiger partial charge in [0.05, 0.1) is 11.1 Å². The van der Waals surface area contributed by atoms with E-state index >= 15 is 0 Å². The van der Waals surface area contributed by atoms with Crippen LogP contribution in [-0.2, 0) is 6.54 Å². The van der Waals surface area contributed by atoms with E-state index in [2.05, 4.69) is 36.6 Å². The molecule has 0 radical (unpaired) electrons. The molecule has 1 saturated heterocycles. The van der Waals surface area contributed by atoms with Gasteiger partial charge >= 0.3 is 5.76 Å². The lowest BCUT2D eigenvalue weighted by molar-refractivity contribution is 0.266. The van der Waals surface area contributed by atoms with Crippen LogP contribution in [0.3, 0.4) is 0 Å². The van der Waals surface area contributed by atoms with Gasteiger partial charge in [-0.05, 0) is 43.6 Å². The smallest absolute Gasteiger partial charge is 0.384 e. The van der Waals surface area contributed by atoms with Crippen molar-refractivity contribution in [2.45, 2.75) is 58.0 Å². The molecule has 1 aliphatic heterocycles. The number of aromatic nitrogens is 7. The van der Waals surface area contributed by atoms with Crippen molar-refractivity contribution in [2.75, 3.05) is 18.1 Å². The number of hydrogen-bond acceptors (Lipinski definition) is 8. The molecule has 0 unspecified atom stereocenters. The fraction of sp³-hybridized carbons (Fsp3) is 0.520. The topological polar surface area (TPSA) is 119 Å². The van der Waals surface area contributed by atoms with E-state index in [0.29, 0.717) is 33.8 Å². The average Bonchev–Trinajstić information content (AvgIpc) is 3.63. The molecule has 4 aromatic heterocycles. The third-order valence-corrected chi connectivity index (χ3v) is 7.79. The molecule has 2 aliphatic rings. The van der Waals surface area contributed by atoms with Crippen molar-refractivity contribution < 1.29 is 8.81 Å². The van der Waals surface area contributed by atoms with Crippen molar-refractivity contribution in [1.29, 1.82) is 0 Å². The first-order valence-corrected chi connectivity index (χ1v) is 13.2. The highest BCUT2D eigenvalue weighted by Gasteiger charge is 2.32. The summed E-state index contributed by atoms with van der Waals surface area (Å²) in [6.45, 7) is 3.32. The summed E-state index contributed by atoms with van der Waals surface area (Å²) >= 11 is 6.31. The molecule has 0 spiro atoms. The molecule has 12 heteroatoms. The molecule has 0 aromatic carbocycles. The number of pyridine rings is 1. The largest absolute Gasteiger partial charge is 0.434 e. The summed E-state index contributed by atoms with van der Waals surface area (Å²) in [7, 11) is 0. The van der Waals surface area contributed by atoms with Gasteiger partial charge in [0.15, 0.2) is 5.65 Å². The molecule has 4 aromatic rings. The molecule has 194 valence electrons. The molecule has 1 atom stereocenters. The Morgan fingerprint density at radius 1 is 1.16 bits per heavy atom. The first-order valence-electron chi connectivity index (χ1n) is 12.8. The van der Waals surface area contributed by atoms with E-state index in [-0.39, 0.29) is 17.8 Å². The van der Waals surface area contributed by atoms with Crippen molar-refractivity contribution in [1.82, 2.24) is 34.7 Å². The second-order valence-electron chi connectivity index (χ2n) is 10.2. The van der Waals surface area contributed by atoms with E-state index in [1.807, 2.05) is 0 Å². The van der Waals surface area contributed by atoms with Gasteiger partial charge in [0, 0.05) is 31.0 Å². The predicted molar refractivity (Wildman–Crippen MR) is 137 cm³/mol. The minimum absolute atomic E-state index is 0.0386. The van der Waals surface area contributed by atoms with Crippen LogP contribution in [0.25, 0.3) is 34.1 Å². The van der Waals surface area contributed by atoms with Crippen LogP contribution in [0.15, 0.2) is 27.7 Å². The number of halogens is 2. The molecule has 1 N–H and O–H groups in total. The number of rotatable bonds is 6. The number of anilines is 1. The van der Waals surface area contributed by atoms with Gasteiger partial charge in [-0.25, -0.2) is 24.3 Å². The normalized spacial score (nSPS) is 22.2. The Balaban J connectivity index is 1.58. The molecular weight excluding hydrogens is 499 g/mol. The van der Waals surface area contributed by atoms with E-state index < -0.39 is 12.4 Å². The highest BCUT2D eigenvalue weighted by molar-refractivity contribution is 6.30. The molecule has 10 nitrogen and oxygen atoms in total. The zero-order valence-electron chi connectivity index (χ0n) is 20.5. The van der Waals surface area contributed by atoms with Crippen LogP contribution in [0.5, 0.6) is 0 Å². The van der Waals surface area contributed by atoms with E-state index in [4.69, 9.17) is 26.0 Å². The lowest BCUT2D eigenvalue weighted by Crippen LogP contribution is -2.33. The van der Waals surface area contributed by atoms with Crippen LogP contribution < -0.4 is 10.7 Å². The Kier molecular flexibility index (Phi) is 6.39. The molecule has 0 amide bonds. The monoisotopic (exact) mass is 526 g/mol. The van der Waals surface area contributed by atoms with E-state index in [0.717, 1.165) is 50.2 Å². The molecule has 5 heterocycles. The summed E-state index contributed by atoms with van der Waals surface area (Å²) < 4.78 is 21.3. The van der Waals surface area contributed by atoms with E-state index in [9.17, 15) is 9.18 Å². The van der Waals surface area contributed by atoms with Gasteiger partial charge in [-0.15, -0.1) is 5.10 Å². The first-order chi connectivity index (χ1) is 18.0. The van der Waals surface area contributed by atoms with E-state index in [1.165, 1.54) is 12.8 Å². The van der Waals surface area contributed by atoms with Crippen LogP contribution >= 0.6 is 11.6 Å². The number of nitrogens with one attached hydrogen (secondary N) is 1. The minimum atomic E-state index is -0.703. The van der Waals surface area contributed by atoms with Crippen molar-refractivity contribution in [3.63, 3.8) is 0 Å². The van der Waals surface area contributed by atoms with Crippen LogP contribution in [0.1, 0.15) is 45.4 Å². The highest BCUT2D eigenvalue weighted by Crippen LogP contribution is 2.37. The van der Waals surface area contributed by atoms with Gasteiger partial charge < -0.3 is 13.9 Å². The maximum absolute atomic E-state index is 14.0. The lowest BCUT2D eigenvalue weighted by atomic mass is 9.83. The summed E-state index contributed by atoms with van der Waals surface area (Å²) in [6.07, 6.45) is 9.54. The Labute approximate surface area is 217 Å². The molecule has 2 fully saturated rings. The first kappa shape index (κ1) is 24.0. The number of nitrogens with zero attached hydrogens (tertiary/aromatic N) is 7. The summed E-state index contributed by atoms with van der Waals surface area (Å²) in [5, 5.41) is 6.63. The third-order valence-electron chi connectivity index (χ3n) is 7.58. The van der Waals surface area contributed by atoms with Crippen LogP contribution in [0.4, 0.5) is 10.3 Å². The number of alkyl halides is 1. The second-order valence-corrected chi connectivity index (χ2v) is 10.6. The Morgan fingerprint density at radius 3 is 2.73 bits per heavy atom. The number of fused-ring (bicyclic) bond motifs is 1. The summed E-state index contributed by atoms with van der Waals surface area (Å²) in [6, 6.07) is 1.55. The van der Waals surface area contributed by atoms with Gasteiger partial charge in [-0.3, -0.25) is 4.98 Å². The lowest BCUT2D eigenvalue weighted by Gasteiger charge is -2.29. The fourth-order valence-electron chi connectivity index (χ4n) is 5.61. The number of imidazole rings is 1. The third kappa shape index (κ3) is 4.60. The molecule has 1 aliphatic carbocycles. The molecule has 1 saturated carbocycles. The predicted octanol–water partition coefficient (Wildman–Crippen LogP) is 4.65. The maximum atomic E-state index is 14.0. The molecule has 6 rings (SSSR count). The molecular formula is C25H28ClFN8O2. The number of hydrogen-bond donors (Lipinski definition) is 1. The van der Waals surface area contributed by atoms with Crippen LogP contribution in [-0.4, -0.2) is 54.0 Å². The van der Waals surface area contributed by atoms with Gasteiger partial charge in [-0.1, -0.05) is 31.4 Å². The highest BCUT2D eigenvalue weighted by atomic mass is 35.5. The molecule has 37 heavy (non-hydrogen) atoms. The number of H-pyrrole nitrogens is 1. The fourth-order valence-corrected chi connectivity index (χ4v) is 5.78. The quantitative estimate of drug-likeness (QED) is 0.385. The number of aromatic amines is 1. The molecule has 0 bridgehead atoms. The van der Waals surface area contributed by atoms with Crippen LogP contribution in [0, 0.1) is 11.8 Å². The average molecular weight is 527 g/mol. The summed E-state index contributed by atoms with van der Waals surface area (Å²) in [4.78, 5) is 32.3. The SMILES string of the molecule is C[C@H]1CC[C@H](Cn2c(N3CCC[C@H]3CF)nc3nc(-c4n[nH]c(=O)o4)nc(-c4cncc(Cl)c4)c32)CC1. The maximum Gasteiger partial charge on any atom is 0.434 e. The van der Waals surface area contributed by atoms with E-state index in [1.54, 1.807) is 18.5 Å². The van der Waals surface area contributed by atoms with Crippen molar-refractivity contribution in [2.24, 2.45) is 11.8 Å². The minimum Gasteiger partial charge on any atom is -0.384 e.